The minimum atomic E-state index is 0.106. The van der Waals surface area contributed by atoms with Crippen LogP contribution in [0.5, 0.6) is 0 Å². The van der Waals surface area contributed by atoms with Gasteiger partial charge in [-0.1, -0.05) is 23.1 Å². The molecule has 0 aromatic carbocycles. The summed E-state index contributed by atoms with van der Waals surface area (Å²) in [4.78, 5) is 13.8. The van der Waals surface area contributed by atoms with Crippen LogP contribution in [0.15, 0.2) is 22.7 Å². The average Bonchev–Trinajstić information content (AvgIpc) is 2.94. The largest absolute Gasteiger partial charge is 0.353 e. The molecule has 0 amide bonds. The number of hydrogen-bond donors (Lipinski definition) is 0. The van der Waals surface area contributed by atoms with Crippen LogP contribution in [0, 0.1) is 0 Å². The van der Waals surface area contributed by atoms with Crippen molar-refractivity contribution in [3.8, 4) is 0 Å². The van der Waals surface area contributed by atoms with E-state index in [0.29, 0.717) is 5.75 Å². The highest BCUT2D eigenvalue weighted by molar-refractivity contribution is 8.01. The number of Topliss-reactive ketones (excluding diaryl/α,β-unsaturated/α-hetero) is 1. The molecule has 0 saturated carbocycles. The first-order valence-electron chi connectivity index (χ1n) is 5.36. The third-order valence-corrected chi connectivity index (χ3v) is 4.56. The van der Waals surface area contributed by atoms with Crippen LogP contribution in [0.4, 0.5) is 5.13 Å². The van der Waals surface area contributed by atoms with E-state index in [2.05, 4.69) is 10.2 Å². The van der Waals surface area contributed by atoms with Crippen molar-refractivity contribution < 1.29 is 4.79 Å². The summed E-state index contributed by atoms with van der Waals surface area (Å²) in [7, 11) is 5.71. The van der Waals surface area contributed by atoms with E-state index < -0.39 is 0 Å². The zero-order valence-corrected chi connectivity index (χ0v) is 12.1. The molecule has 18 heavy (non-hydrogen) atoms. The van der Waals surface area contributed by atoms with Crippen molar-refractivity contribution in [2.45, 2.75) is 4.34 Å². The predicted octanol–water partition coefficient (Wildman–Crippen LogP) is 1.92. The summed E-state index contributed by atoms with van der Waals surface area (Å²) >= 11 is 2.92. The van der Waals surface area contributed by atoms with E-state index in [1.807, 2.05) is 48.9 Å². The number of ketones is 1. The molecular formula is C11H14N4OS2. The van der Waals surface area contributed by atoms with Crippen molar-refractivity contribution in [3.63, 3.8) is 0 Å². The van der Waals surface area contributed by atoms with Crippen molar-refractivity contribution in [2.24, 2.45) is 7.05 Å². The number of anilines is 1. The zero-order chi connectivity index (χ0) is 13.1. The van der Waals surface area contributed by atoms with Crippen molar-refractivity contribution in [1.82, 2.24) is 14.8 Å². The van der Waals surface area contributed by atoms with Crippen molar-refractivity contribution in [2.75, 3.05) is 24.7 Å². The number of carbonyl (C=O) groups excluding carboxylic acids is 1. The summed E-state index contributed by atoms with van der Waals surface area (Å²) in [6.07, 6.45) is 1.87. The fourth-order valence-electron chi connectivity index (χ4n) is 1.39. The Hall–Kier alpha value is -1.34. The number of aryl methyl sites for hydroxylation is 1. The molecule has 0 bridgehead atoms. The van der Waals surface area contributed by atoms with E-state index in [4.69, 9.17) is 0 Å². The number of hydrogen-bond acceptors (Lipinski definition) is 6. The van der Waals surface area contributed by atoms with Gasteiger partial charge in [-0.05, 0) is 12.1 Å². The number of rotatable bonds is 5. The molecular weight excluding hydrogens is 268 g/mol. The fraction of sp³-hybridized carbons (Fsp3) is 0.364. The van der Waals surface area contributed by atoms with Gasteiger partial charge in [0, 0.05) is 27.3 Å². The molecule has 0 fully saturated rings. The Morgan fingerprint density at radius 3 is 2.83 bits per heavy atom. The third kappa shape index (κ3) is 2.91. The number of aromatic nitrogens is 3. The average molecular weight is 282 g/mol. The molecule has 2 aromatic rings. The summed E-state index contributed by atoms with van der Waals surface area (Å²) in [6, 6.07) is 3.70. The SMILES string of the molecule is CN(C)c1nnc(SCC(=O)c2cccn2C)s1. The minimum absolute atomic E-state index is 0.106. The van der Waals surface area contributed by atoms with Crippen LogP contribution >= 0.6 is 23.1 Å². The fourth-order valence-corrected chi connectivity index (χ4v) is 3.03. The second kappa shape index (κ2) is 5.53. The molecule has 0 aliphatic rings. The summed E-state index contributed by atoms with van der Waals surface area (Å²) in [5, 5.41) is 8.93. The Bertz CT molecular complexity index is 547. The van der Waals surface area contributed by atoms with Gasteiger partial charge in [-0.3, -0.25) is 4.79 Å². The topological polar surface area (TPSA) is 51.0 Å². The van der Waals surface area contributed by atoms with E-state index in [-0.39, 0.29) is 5.78 Å². The van der Waals surface area contributed by atoms with Gasteiger partial charge in [0.1, 0.15) is 0 Å². The van der Waals surface area contributed by atoms with Gasteiger partial charge in [0.05, 0.1) is 11.4 Å². The summed E-state index contributed by atoms with van der Waals surface area (Å²) in [5.41, 5.74) is 0.722. The lowest BCUT2D eigenvalue weighted by Gasteiger charge is -2.03. The molecule has 2 heterocycles. The van der Waals surface area contributed by atoms with E-state index in [9.17, 15) is 4.79 Å². The van der Waals surface area contributed by atoms with Crippen LogP contribution in [0.25, 0.3) is 0 Å². The highest BCUT2D eigenvalue weighted by atomic mass is 32.2. The lowest BCUT2D eigenvalue weighted by atomic mass is 10.3. The van der Waals surface area contributed by atoms with Gasteiger partial charge >= 0.3 is 0 Å². The second-order valence-corrected chi connectivity index (χ2v) is 6.14. The number of carbonyl (C=O) groups is 1. The molecule has 0 spiro atoms. The number of nitrogens with zero attached hydrogens (tertiary/aromatic N) is 4. The first-order valence-corrected chi connectivity index (χ1v) is 7.16. The molecule has 7 heteroatoms. The standard InChI is InChI=1S/C11H14N4OS2/c1-14(2)10-12-13-11(18-10)17-7-9(16)8-5-4-6-15(8)3/h4-6H,7H2,1-3H3. The molecule has 2 aromatic heterocycles. The van der Waals surface area contributed by atoms with Crippen LogP contribution in [0.3, 0.4) is 0 Å². The van der Waals surface area contributed by atoms with Crippen LogP contribution in [-0.2, 0) is 7.05 Å². The smallest absolute Gasteiger partial charge is 0.208 e. The molecule has 0 N–H and O–H groups in total. The maximum absolute atomic E-state index is 11.9. The van der Waals surface area contributed by atoms with Gasteiger partial charge in [0.2, 0.25) is 5.13 Å². The Morgan fingerprint density at radius 1 is 1.50 bits per heavy atom. The molecule has 96 valence electrons. The van der Waals surface area contributed by atoms with Gasteiger partial charge in [0.25, 0.3) is 0 Å². The summed E-state index contributed by atoms with van der Waals surface area (Å²) in [6.45, 7) is 0. The van der Waals surface area contributed by atoms with Crippen molar-refractivity contribution in [1.29, 1.82) is 0 Å². The molecule has 0 aliphatic carbocycles. The van der Waals surface area contributed by atoms with Crippen LogP contribution in [-0.4, -0.2) is 40.4 Å². The Kier molecular flexibility index (Phi) is 4.03. The van der Waals surface area contributed by atoms with Crippen molar-refractivity contribution >= 4 is 34.0 Å². The van der Waals surface area contributed by atoms with Crippen LogP contribution in [0.2, 0.25) is 0 Å². The minimum Gasteiger partial charge on any atom is -0.353 e. The first kappa shape index (κ1) is 13.1. The molecule has 2 rings (SSSR count). The quantitative estimate of drug-likeness (QED) is 0.619. The Morgan fingerprint density at radius 2 is 2.28 bits per heavy atom. The monoisotopic (exact) mass is 282 g/mol. The maximum Gasteiger partial charge on any atom is 0.208 e. The highest BCUT2D eigenvalue weighted by Gasteiger charge is 2.12. The van der Waals surface area contributed by atoms with Gasteiger partial charge in [-0.2, -0.15) is 0 Å². The predicted molar refractivity (Wildman–Crippen MR) is 74.7 cm³/mol. The molecule has 0 aliphatic heterocycles. The van der Waals surface area contributed by atoms with Crippen LogP contribution < -0.4 is 4.90 Å². The maximum atomic E-state index is 11.9. The van der Waals surface area contributed by atoms with Gasteiger partial charge in [0.15, 0.2) is 10.1 Å². The summed E-state index contributed by atoms with van der Waals surface area (Å²) < 4.78 is 2.65. The molecule has 0 saturated heterocycles. The summed E-state index contributed by atoms with van der Waals surface area (Å²) in [5.74, 6) is 0.494. The van der Waals surface area contributed by atoms with Gasteiger partial charge in [-0.15, -0.1) is 10.2 Å². The lowest BCUT2D eigenvalue weighted by Crippen LogP contribution is -2.07. The molecule has 0 unspecified atom stereocenters. The van der Waals surface area contributed by atoms with Crippen molar-refractivity contribution in [3.05, 3.63) is 24.0 Å². The number of thioether (sulfide) groups is 1. The molecule has 0 radical (unpaired) electrons. The van der Waals surface area contributed by atoms with E-state index in [1.54, 1.807) is 0 Å². The zero-order valence-electron chi connectivity index (χ0n) is 10.5. The normalized spacial score (nSPS) is 10.6. The Balaban J connectivity index is 1.95. The van der Waals surface area contributed by atoms with E-state index in [0.717, 1.165) is 15.2 Å². The third-order valence-electron chi connectivity index (χ3n) is 2.33. The first-order chi connectivity index (χ1) is 8.58. The molecule has 0 atom stereocenters. The van der Waals surface area contributed by atoms with Gasteiger partial charge in [-0.25, -0.2) is 0 Å². The highest BCUT2D eigenvalue weighted by Crippen LogP contribution is 2.27. The van der Waals surface area contributed by atoms with Crippen LogP contribution in [0.1, 0.15) is 10.5 Å². The Labute approximate surface area is 114 Å². The second-order valence-electron chi connectivity index (χ2n) is 3.96. The lowest BCUT2D eigenvalue weighted by molar-refractivity contribution is 0.101. The molecule has 5 nitrogen and oxygen atoms in total. The van der Waals surface area contributed by atoms with E-state index >= 15 is 0 Å². The van der Waals surface area contributed by atoms with Gasteiger partial charge < -0.3 is 9.47 Å². The van der Waals surface area contributed by atoms with E-state index in [1.165, 1.54) is 23.1 Å².